The first-order chi connectivity index (χ1) is 14.2. The third kappa shape index (κ3) is 4.74. The quantitative estimate of drug-likeness (QED) is 0.500. The molecule has 0 spiro atoms. The molecule has 13 heteroatoms. The fourth-order valence-corrected chi connectivity index (χ4v) is 4.75. The minimum Gasteiger partial charge on any atom is -0.390 e. The fraction of sp³-hybridized carbons (Fsp3) is 0.471. The van der Waals surface area contributed by atoms with Crippen molar-refractivity contribution in [3.8, 4) is 0 Å². The smallest absolute Gasteiger partial charge is 0.390 e. The first kappa shape index (κ1) is 21.6. The molecule has 0 saturated carbocycles. The number of hydrogen-bond donors (Lipinski definition) is 1. The lowest BCUT2D eigenvalue weighted by Gasteiger charge is -2.26. The molecule has 12 nitrogen and oxygen atoms in total. The number of anilines is 2. The Morgan fingerprint density at radius 2 is 1.97 bits per heavy atom. The molecule has 0 bridgehead atoms. The molecule has 1 aliphatic rings. The van der Waals surface area contributed by atoms with E-state index in [-0.39, 0.29) is 11.4 Å². The molecule has 2 aromatic rings. The summed E-state index contributed by atoms with van der Waals surface area (Å²) in [6, 6.07) is 4.59. The summed E-state index contributed by atoms with van der Waals surface area (Å²) in [7, 11) is -0.130. The molecule has 1 amide bonds. The second-order valence-corrected chi connectivity index (χ2v) is 9.02. The first-order valence-electron chi connectivity index (χ1n) is 9.33. The highest BCUT2D eigenvalue weighted by atomic mass is 32.2. The monoisotopic (exact) mass is 437 g/mol. The van der Waals surface area contributed by atoms with Gasteiger partial charge in [-0.1, -0.05) is 11.4 Å². The largest absolute Gasteiger partial charge is 0.490 e. The number of rotatable bonds is 7. The zero-order chi connectivity index (χ0) is 21.9. The van der Waals surface area contributed by atoms with Crippen LogP contribution in [0.1, 0.15) is 19.3 Å². The number of nitrogens with one attached hydrogen (secondary N) is 1. The molecule has 2 heterocycles. The van der Waals surface area contributed by atoms with Crippen LogP contribution in [0.25, 0.3) is 0 Å². The normalized spacial score (nSPS) is 15.0. The van der Waals surface area contributed by atoms with Crippen LogP contribution in [0.2, 0.25) is 0 Å². The maximum Gasteiger partial charge on any atom is 0.490 e. The van der Waals surface area contributed by atoms with Gasteiger partial charge in [-0.2, -0.15) is 8.99 Å². The SMILES string of the molecule is CN(C)c1ccc(S(=O)(=O)N2CCCCC2)cc1NC(=O)Cn1cnc([N+](=O)[O-])n1. The highest BCUT2D eigenvalue weighted by Gasteiger charge is 2.27. The van der Waals surface area contributed by atoms with Crippen molar-refractivity contribution >= 4 is 33.3 Å². The van der Waals surface area contributed by atoms with Gasteiger partial charge in [-0.3, -0.25) is 4.79 Å². The van der Waals surface area contributed by atoms with E-state index >= 15 is 0 Å². The van der Waals surface area contributed by atoms with Crippen molar-refractivity contribution in [3.05, 3.63) is 34.6 Å². The van der Waals surface area contributed by atoms with Gasteiger partial charge < -0.3 is 20.3 Å². The summed E-state index contributed by atoms with van der Waals surface area (Å²) in [6.07, 6.45) is 3.74. The van der Waals surface area contributed by atoms with Crippen LogP contribution in [0.15, 0.2) is 29.4 Å². The molecule has 0 atom stereocenters. The van der Waals surface area contributed by atoms with Crippen LogP contribution >= 0.6 is 0 Å². The van der Waals surface area contributed by atoms with Gasteiger partial charge in [0.05, 0.1) is 16.3 Å². The summed E-state index contributed by atoms with van der Waals surface area (Å²) in [5.41, 5.74) is 0.934. The third-order valence-electron chi connectivity index (χ3n) is 4.67. The Morgan fingerprint density at radius 1 is 1.27 bits per heavy atom. The minimum atomic E-state index is -3.67. The number of aromatic nitrogens is 3. The van der Waals surface area contributed by atoms with Crippen LogP contribution in [0.3, 0.4) is 0 Å². The summed E-state index contributed by atoms with van der Waals surface area (Å²) in [5, 5.41) is 16.9. The third-order valence-corrected chi connectivity index (χ3v) is 6.56. The van der Waals surface area contributed by atoms with E-state index in [0.717, 1.165) is 30.3 Å². The number of carbonyl (C=O) groups excluding carboxylic acids is 1. The van der Waals surface area contributed by atoms with Gasteiger partial charge >= 0.3 is 5.95 Å². The van der Waals surface area contributed by atoms with E-state index in [1.54, 1.807) is 25.1 Å². The number of hydrogen-bond acceptors (Lipinski definition) is 8. The van der Waals surface area contributed by atoms with Crippen molar-refractivity contribution in [2.45, 2.75) is 30.7 Å². The van der Waals surface area contributed by atoms with Crippen molar-refractivity contribution in [1.82, 2.24) is 19.1 Å². The summed E-state index contributed by atoms with van der Waals surface area (Å²) in [5.74, 6) is -1.13. The Balaban J connectivity index is 1.83. The number of piperidine rings is 1. The summed E-state index contributed by atoms with van der Waals surface area (Å²) in [4.78, 5) is 27.7. The van der Waals surface area contributed by atoms with Crippen molar-refractivity contribution in [2.75, 3.05) is 37.4 Å². The molecule has 1 aromatic carbocycles. The number of benzene rings is 1. The van der Waals surface area contributed by atoms with E-state index in [1.807, 2.05) is 0 Å². The van der Waals surface area contributed by atoms with E-state index in [1.165, 1.54) is 16.4 Å². The van der Waals surface area contributed by atoms with Crippen LogP contribution in [0.4, 0.5) is 17.3 Å². The van der Waals surface area contributed by atoms with Crippen LogP contribution < -0.4 is 10.2 Å². The predicted octanol–water partition coefficient (Wildman–Crippen LogP) is 1.07. The molecule has 1 saturated heterocycles. The van der Waals surface area contributed by atoms with Gasteiger partial charge in [-0.05, 0) is 36.0 Å². The molecule has 3 rings (SSSR count). The lowest BCUT2D eigenvalue weighted by atomic mass is 10.2. The summed E-state index contributed by atoms with van der Waals surface area (Å²) in [6.45, 7) is 0.645. The number of carbonyl (C=O) groups is 1. The predicted molar refractivity (Wildman–Crippen MR) is 109 cm³/mol. The highest BCUT2D eigenvalue weighted by Crippen LogP contribution is 2.30. The molecule has 1 aromatic heterocycles. The Morgan fingerprint density at radius 3 is 2.57 bits per heavy atom. The molecule has 162 valence electrons. The molecular weight excluding hydrogens is 414 g/mol. The maximum atomic E-state index is 13.0. The first-order valence-corrected chi connectivity index (χ1v) is 10.8. The molecule has 0 radical (unpaired) electrons. The van der Waals surface area contributed by atoms with Crippen molar-refractivity contribution in [3.63, 3.8) is 0 Å². The van der Waals surface area contributed by atoms with Crippen LogP contribution in [0, 0.1) is 10.1 Å². The molecule has 1 aliphatic heterocycles. The topological polar surface area (TPSA) is 144 Å². The Labute approximate surface area is 173 Å². The van der Waals surface area contributed by atoms with E-state index in [0.29, 0.717) is 24.5 Å². The molecule has 30 heavy (non-hydrogen) atoms. The maximum absolute atomic E-state index is 13.0. The summed E-state index contributed by atoms with van der Waals surface area (Å²) < 4.78 is 28.5. The van der Waals surface area contributed by atoms with Gasteiger partial charge in [0.15, 0.2) is 0 Å². The van der Waals surface area contributed by atoms with E-state index in [9.17, 15) is 23.3 Å². The molecule has 1 N–H and O–H groups in total. The van der Waals surface area contributed by atoms with Gasteiger partial charge in [0.1, 0.15) is 6.54 Å². The van der Waals surface area contributed by atoms with Gasteiger partial charge in [0, 0.05) is 32.3 Å². The lowest BCUT2D eigenvalue weighted by Crippen LogP contribution is -2.35. The number of amides is 1. The van der Waals surface area contributed by atoms with Crippen molar-refractivity contribution in [2.24, 2.45) is 0 Å². The fourth-order valence-electron chi connectivity index (χ4n) is 3.20. The molecule has 0 aliphatic carbocycles. The number of nitro groups is 1. The lowest BCUT2D eigenvalue weighted by molar-refractivity contribution is -0.394. The van der Waals surface area contributed by atoms with Crippen LogP contribution in [-0.4, -0.2) is 65.5 Å². The van der Waals surface area contributed by atoms with E-state index in [4.69, 9.17) is 0 Å². The minimum absolute atomic E-state index is 0.0988. The Hall–Kier alpha value is -3.06. The highest BCUT2D eigenvalue weighted by molar-refractivity contribution is 7.89. The van der Waals surface area contributed by atoms with Crippen LogP contribution in [0.5, 0.6) is 0 Å². The van der Waals surface area contributed by atoms with Crippen LogP contribution in [-0.2, 0) is 21.4 Å². The van der Waals surface area contributed by atoms with E-state index < -0.39 is 26.8 Å². The van der Waals surface area contributed by atoms with Gasteiger partial charge in [-0.15, -0.1) is 0 Å². The number of sulfonamides is 1. The standard InChI is InChI=1S/C17H23N7O5S/c1-21(2)15-7-6-13(30(28,29)23-8-4-3-5-9-23)10-14(15)19-16(25)11-22-12-18-17(20-22)24(26)27/h6-7,10,12H,3-5,8-9,11H2,1-2H3,(H,19,25). The number of nitrogens with zero attached hydrogens (tertiary/aromatic N) is 6. The summed E-state index contributed by atoms with van der Waals surface area (Å²) >= 11 is 0. The Bertz CT molecular complexity index is 1040. The van der Waals surface area contributed by atoms with E-state index in [2.05, 4.69) is 15.4 Å². The molecule has 1 fully saturated rings. The average Bonchev–Trinajstić information content (AvgIpc) is 3.17. The molecule has 0 unspecified atom stereocenters. The van der Waals surface area contributed by atoms with Crippen molar-refractivity contribution in [1.29, 1.82) is 0 Å². The zero-order valence-electron chi connectivity index (χ0n) is 16.7. The van der Waals surface area contributed by atoms with Gasteiger partial charge in [0.25, 0.3) is 0 Å². The average molecular weight is 437 g/mol. The van der Waals surface area contributed by atoms with Crippen molar-refractivity contribution < 1.29 is 18.1 Å². The second-order valence-electron chi connectivity index (χ2n) is 7.09. The zero-order valence-corrected chi connectivity index (χ0v) is 17.5. The molecular formula is C17H23N7O5S. The van der Waals surface area contributed by atoms with Gasteiger partial charge in [-0.25, -0.2) is 8.42 Å². The Kier molecular flexibility index (Phi) is 6.31. The van der Waals surface area contributed by atoms with Gasteiger partial charge in [0.2, 0.25) is 22.3 Å². The second kappa shape index (κ2) is 8.75.